The third kappa shape index (κ3) is 14.0. The molecule has 3 aliphatic rings. The molecular weight excluding hydrogens is 1150 g/mol. The minimum atomic E-state index is -3.66. The molecule has 30 nitrogen and oxygen atoms in total. The summed E-state index contributed by atoms with van der Waals surface area (Å²) in [5, 5.41) is 36.8. The number of ether oxygens (including phenoxy) is 4. The lowest BCUT2D eigenvalue weighted by atomic mass is 10.1. The van der Waals surface area contributed by atoms with Crippen LogP contribution in [0, 0.1) is 0 Å². The van der Waals surface area contributed by atoms with Gasteiger partial charge in [0, 0.05) is 50.6 Å². The van der Waals surface area contributed by atoms with Crippen LogP contribution in [0.5, 0.6) is 0 Å². The maximum absolute atomic E-state index is 13.0. The molecule has 460 valence electrons. The monoisotopic (exact) mass is 1220 g/mol. The van der Waals surface area contributed by atoms with Crippen molar-refractivity contribution in [1.82, 2.24) is 58.3 Å². The molecule has 6 aromatic rings. The zero-order valence-electron chi connectivity index (χ0n) is 48.2. The SMILES string of the molecule is CCCN(CCC)S(=O)(=O)c1ccc(NC(=O)Nc2ncnc3c2ncn3[C@@H]2O[C@H](C(=O)NCC)[C@@H](O)[C@H]2O)cc1.CCCN(CCC)S(=O)(=O)c1ccc(NC(=O)Nc2ncnc3c2ncn3[C@@H]2O[C@H](C(=O)NCC)[C@H]3OC(C)(C)O[C@H]32)cc1. The molecule has 3 saturated heterocycles. The van der Waals surface area contributed by atoms with Crippen molar-refractivity contribution in [3.63, 3.8) is 0 Å². The van der Waals surface area contributed by atoms with Crippen molar-refractivity contribution in [2.24, 2.45) is 0 Å². The third-order valence-corrected chi connectivity index (χ3v) is 17.4. The van der Waals surface area contributed by atoms with E-state index < -0.39 is 92.9 Å². The van der Waals surface area contributed by atoms with E-state index in [4.69, 9.17) is 18.9 Å². The first-order valence-corrected chi connectivity index (χ1v) is 30.8. The number of carbonyl (C=O) groups is 4. The van der Waals surface area contributed by atoms with Gasteiger partial charge in [-0.25, -0.2) is 56.3 Å². The lowest BCUT2D eigenvalue weighted by molar-refractivity contribution is -0.197. The van der Waals surface area contributed by atoms with E-state index in [0.717, 1.165) is 0 Å². The van der Waals surface area contributed by atoms with Crippen LogP contribution in [0.15, 0.2) is 83.6 Å². The maximum atomic E-state index is 13.0. The third-order valence-electron chi connectivity index (χ3n) is 13.6. The van der Waals surface area contributed by atoms with E-state index in [2.05, 4.69) is 61.8 Å². The van der Waals surface area contributed by atoms with Crippen LogP contribution in [0.3, 0.4) is 0 Å². The van der Waals surface area contributed by atoms with Crippen molar-refractivity contribution in [3.05, 3.63) is 73.8 Å². The van der Waals surface area contributed by atoms with Gasteiger partial charge in [0.1, 0.15) is 37.1 Å². The van der Waals surface area contributed by atoms with Crippen molar-refractivity contribution in [1.29, 1.82) is 0 Å². The maximum Gasteiger partial charge on any atom is 0.324 e. The Hall–Kier alpha value is -7.40. The Morgan fingerprint density at radius 1 is 0.541 bits per heavy atom. The molecule has 3 aliphatic heterocycles. The van der Waals surface area contributed by atoms with E-state index in [9.17, 15) is 46.2 Å². The Labute approximate surface area is 490 Å². The van der Waals surface area contributed by atoms with E-state index in [0.29, 0.717) is 82.0 Å². The first-order valence-electron chi connectivity index (χ1n) is 27.9. The van der Waals surface area contributed by atoms with Gasteiger partial charge in [0.25, 0.3) is 11.8 Å². The van der Waals surface area contributed by atoms with Crippen molar-refractivity contribution in [3.8, 4) is 0 Å². The summed E-state index contributed by atoms with van der Waals surface area (Å²) < 4.78 is 81.8. The number of amides is 6. The molecule has 8 N–H and O–H groups in total. The van der Waals surface area contributed by atoms with Gasteiger partial charge >= 0.3 is 12.1 Å². The predicted octanol–water partition coefficient (Wildman–Crippen LogP) is 3.87. The standard InChI is InChI=1S/C28H38N8O7S.C25H34N8O7S/c1-6-13-35(14-7-2)44(39,40)18-11-9-17(10-12-18)33-27(38)34-23-19-24(31-15-30-23)36(16-32-19)26-22-20(42-28(4,5)43-22)21(41-26)25(37)29-8-3;1-4-11-32(12-5-2)41(38,39)16-9-7-15(8-10-16)30-25(37)31-21-17-22(28-13-27-21)33(14-29-17)24-19(35)18(34)20(40-24)23(36)26-6-3/h9-12,15-16,20-22,26H,6-8,13-14H2,1-5H3,(H,29,37)(H2,30,31,33,34,38);7-10,13-14,18-20,24,34-35H,4-6,11-12H2,1-3H3,(H,26,36)(H2,27,28,30,31,37)/t20-,21+,22-,26-;18-,19+,20-,24+/m10/s1. The summed E-state index contributed by atoms with van der Waals surface area (Å²) in [6, 6.07) is 10.5. The van der Waals surface area contributed by atoms with Gasteiger partial charge in [-0.2, -0.15) is 8.61 Å². The number of imidazole rings is 2. The number of benzene rings is 2. The zero-order chi connectivity index (χ0) is 61.4. The number of fused-ring (bicyclic) bond motifs is 3. The molecule has 6 amide bonds. The molecule has 0 aliphatic carbocycles. The Bertz CT molecular complexity index is 3540. The summed E-state index contributed by atoms with van der Waals surface area (Å²) in [5.41, 5.74) is 1.72. The number of nitrogens with zero attached hydrogens (tertiary/aromatic N) is 10. The lowest BCUT2D eigenvalue weighted by Crippen LogP contribution is -2.42. The number of sulfonamides is 2. The first kappa shape index (κ1) is 63.6. The minimum absolute atomic E-state index is 0.0496. The van der Waals surface area contributed by atoms with E-state index in [1.54, 1.807) is 25.3 Å². The first-order chi connectivity index (χ1) is 40.6. The molecule has 7 heterocycles. The van der Waals surface area contributed by atoms with Crippen LogP contribution in [0.2, 0.25) is 0 Å². The molecule has 2 aromatic carbocycles. The average Bonchev–Trinajstić information content (AvgIpc) is 1.94. The molecule has 0 spiro atoms. The van der Waals surface area contributed by atoms with E-state index >= 15 is 0 Å². The Morgan fingerprint density at radius 3 is 1.36 bits per heavy atom. The highest BCUT2D eigenvalue weighted by molar-refractivity contribution is 7.89. The number of aliphatic hydroxyl groups is 2. The molecule has 3 fully saturated rings. The fourth-order valence-corrected chi connectivity index (χ4v) is 13.1. The number of anilines is 4. The van der Waals surface area contributed by atoms with E-state index in [1.807, 2.05) is 34.6 Å². The second-order valence-corrected chi connectivity index (χ2v) is 24.2. The van der Waals surface area contributed by atoms with Crippen LogP contribution in [-0.2, 0) is 48.6 Å². The molecule has 32 heteroatoms. The lowest BCUT2D eigenvalue weighted by Gasteiger charge is -2.24. The van der Waals surface area contributed by atoms with Crippen LogP contribution in [0.1, 0.15) is 93.5 Å². The number of likely N-dealkylation sites (N-methyl/N-ethyl adjacent to an activating group) is 2. The van der Waals surface area contributed by atoms with Gasteiger partial charge in [0.2, 0.25) is 20.0 Å². The summed E-state index contributed by atoms with van der Waals surface area (Å²) >= 11 is 0. The van der Waals surface area contributed by atoms with Crippen LogP contribution >= 0.6 is 0 Å². The molecule has 0 saturated carbocycles. The van der Waals surface area contributed by atoms with E-state index in [1.165, 1.54) is 87.0 Å². The van der Waals surface area contributed by atoms with Crippen molar-refractivity contribution >= 4 is 89.3 Å². The largest absolute Gasteiger partial charge is 0.387 e. The van der Waals surface area contributed by atoms with Crippen LogP contribution in [0.4, 0.5) is 32.6 Å². The van der Waals surface area contributed by atoms with Gasteiger partial charge in [0.05, 0.1) is 22.4 Å². The van der Waals surface area contributed by atoms with Crippen molar-refractivity contribution in [2.75, 3.05) is 60.5 Å². The highest BCUT2D eigenvalue weighted by Crippen LogP contribution is 2.44. The molecule has 0 unspecified atom stereocenters. The number of rotatable bonds is 22. The van der Waals surface area contributed by atoms with Crippen LogP contribution in [0.25, 0.3) is 22.3 Å². The van der Waals surface area contributed by atoms with Gasteiger partial charge in [-0.05, 0) is 102 Å². The number of aliphatic hydroxyl groups excluding tert-OH is 2. The molecule has 4 aromatic heterocycles. The summed E-state index contributed by atoms with van der Waals surface area (Å²) in [6.45, 7) is 17.2. The highest BCUT2D eigenvalue weighted by Gasteiger charge is 2.58. The number of aromatic nitrogens is 8. The molecule has 0 bridgehead atoms. The van der Waals surface area contributed by atoms with Gasteiger partial charge in [0.15, 0.2) is 64.4 Å². The molecular formula is C53H72N16O14S2. The zero-order valence-corrected chi connectivity index (χ0v) is 49.8. The number of hydrogen-bond donors (Lipinski definition) is 8. The van der Waals surface area contributed by atoms with Crippen LogP contribution in [-0.4, -0.2) is 180 Å². The quantitative estimate of drug-likeness (QED) is 0.0478. The van der Waals surface area contributed by atoms with Gasteiger partial charge in [-0.15, -0.1) is 0 Å². The van der Waals surface area contributed by atoms with Gasteiger partial charge in [-0.3, -0.25) is 29.4 Å². The van der Waals surface area contributed by atoms with E-state index in [-0.39, 0.29) is 44.0 Å². The van der Waals surface area contributed by atoms with Crippen molar-refractivity contribution < 1.29 is 65.2 Å². The highest BCUT2D eigenvalue weighted by atomic mass is 32.2. The topological polar surface area (TPSA) is 380 Å². The van der Waals surface area contributed by atoms with Gasteiger partial charge in [-0.1, -0.05) is 27.7 Å². The normalized spacial score (nSPS) is 21.8. The predicted molar refractivity (Wildman–Crippen MR) is 309 cm³/mol. The second-order valence-electron chi connectivity index (χ2n) is 20.3. The summed E-state index contributed by atoms with van der Waals surface area (Å²) in [6.07, 6.45) is -0.298. The fourth-order valence-electron chi connectivity index (χ4n) is 9.89. The molecule has 0 radical (unpaired) electrons. The van der Waals surface area contributed by atoms with Crippen molar-refractivity contribution in [2.45, 2.75) is 146 Å². The summed E-state index contributed by atoms with van der Waals surface area (Å²) in [4.78, 5) is 76.3. The molecule has 8 atom stereocenters. The fraction of sp³-hybridized carbons (Fsp3) is 0.509. The number of urea groups is 2. The van der Waals surface area contributed by atoms with Gasteiger partial charge < -0.3 is 50.4 Å². The average molecular weight is 1220 g/mol. The molecule has 85 heavy (non-hydrogen) atoms. The molecule has 9 rings (SSSR count). The summed E-state index contributed by atoms with van der Waals surface area (Å²) in [5.74, 6) is -1.61. The summed E-state index contributed by atoms with van der Waals surface area (Å²) in [7, 11) is -7.30. The number of carbonyl (C=O) groups excluding carboxylic acids is 4. The van der Waals surface area contributed by atoms with Crippen LogP contribution < -0.4 is 31.9 Å². The minimum Gasteiger partial charge on any atom is -0.387 e. The Kier molecular flexibility index (Phi) is 20.4. The number of hydrogen-bond acceptors (Lipinski definition) is 20. The smallest absolute Gasteiger partial charge is 0.324 e. The Balaban J connectivity index is 0.000000222. The second kappa shape index (κ2) is 27.3. The Morgan fingerprint density at radius 2 is 0.941 bits per heavy atom. The number of nitrogens with one attached hydrogen (secondary N) is 6.